The Morgan fingerprint density at radius 1 is 1.40 bits per heavy atom. The Morgan fingerprint density at radius 2 is 2.15 bits per heavy atom. The maximum atomic E-state index is 13.7. The maximum Gasteiger partial charge on any atom is 0.130 e. The first-order valence-corrected chi connectivity index (χ1v) is 6.92. The van der Waals surface area contributed by atoms with Crippen molar-refractivity contribution >= 4 is 0 Å². The van der Waals surface area contributed by atoms with Gasteiger partial charge in [0.1, 0.15) is 11.6 Å². The molecule has 0 radical (unpaired) electrons. The summed E-state index contributed by atoms with van der Waals surface area (Å²) in [6, 6.07) is 3.57. The van der Waals surface area contributed by atoms with Gasteiger partial charge in [-0.15, -0.1) is 0 Å². The molecule has 1 N–H and O–H groups in total. The number of methoxy groups -OCH3 is 1. The van der Waals surface area contributed by atoms with Crippen LogP contribution in [-0.4, -0.2) is 32.0 Å². The first kappa shape index (κ1) is 15.4. The van der Waals surface area contributed by atoms with Crippen molar-refractivity contribution in [1.82, 2.24) is 5.32 Å². The van der Waals surface area contributed by atoms with E-state index in [1.54, 1.807) is 7.11 Å². The van der Waals surface area contributed by atoms with Gasteiger partial charge in [-0.05, 0) is 26.3 Å². The Labute approximate surface area is 118 Å². The number of nitrogens with one attached hydrogen (secondary N) is 1. The summed E-state index contributed by atoms with van der Waals surface area (Å²) in [4.78, 5) is 0. The number of halogens is 2. The molecule has 1 aromatic carbocycles. The molecule has 0 aromatic heterocycles. The molecule has 4 unspecified atom stereocenters. The first-order valence-electron chi connectivity index (χ1n) is 6.92. The van der Waals surface area contributed by atoms with Crippen molar-refractivity contribution in [3.63, 3.8) is 0 Å². The maximum absolute atomic E-state index is 13.7. The van der Waals surface area contributed by atoms with Crippen LogP contribution in [0.25, 0.3) is 0 Å². The lowest BCUT2D eigenvalue weighted by molar-refractivity contribution is -0.133. The van der Waals surface area contributed by atoms with Crippen LogP contribution in [0.2, 0.25) is 0 Å². The largest absolute Gasteiger partial charge is 0.377 e. The van der Waals surface area contributed by atoms with E-state index in [0.717, 1.165) is 12.5 Å². The fourth-order valence-corrected chi connectivity index (χ4v) is 2.70. The molecule has 0 spiro atoms. The molecule has 20 heavy (non-hydrogen) atoms. The second-order valence-electron chi connectivity index (χ2n) is 5.09. The van der Waals surface area contributed by atoms with Gasteiger partial charge in [-0.2, -0.15) is 0 Å². The fourth-order valence-electron chi connectivity index (χ4n) is 2.70. The summed E-state index contributed by atoms with van der Waals surface area (Å²) >= 11 is 0. The molecule has 0 amide bonds. The fraction of sp³-hybridized carbons (Fsp3) is 0.600. The van der Waals surface area contributed by atoms with Crippen molar-refractivity contribution < 1.29 is 18.3 Å². The van der Waals surface area contributed by atoms with Crippen molar-refractivity contribution in [3.8, 4) is 0 Å². The quantitative estimate of drug-likeness (QED) is 0.872. The summed E-state index contributed by atoms with van der Waals surface area (Å²) in [5.41, 5.74) is 0.459. The van der Waals surface area contributed by atoms with Crippen LogP contribution in [0.4, 0.5) is 8.78 Å². The lowest BCUT2D eigenvalue weighted by Gasteiger charge is -2.44. The lowest BCUT2D eigenvalue weighted by atomic mass is 9.84. The third kappa shape index (κ3) is 3.16. The van der Waals surface area contributed by atoms with E-state index in [1.807, 2.05) is 13.8 Å². The van der Waals surface area contributed by atoms with Crippen LogP contribution >= 0.6 is 0 Å². The Morgan fingerprint density at radius 3 is 2.75 bits per heavy atom. The molecule has 5 heteroatoms. The van der Waals surface area contributed by atoms with Gasteiger partial charge in [-0.1, -0.05) is 6.07 Å². The third-order valence-corrected chi connectivity index (χ3v) is 3.80. The summed E-state index contributed by atoms with van der Waals surface area (Å²) in [7, 11) is 1.65. The van der Waals surface area contributed by atoms with Crippen LogP contribution in [0.1, 0.15) is 31.9 Å². The molecule has 1 saturated carbocycles. The second kappa shape index (κ2) is 6.61. The minimum atomic E-state index is -0.562. The number of hydrogen-bond donors (Lipinski definition) is 1. The SMILES string of the molecule is CCOC1CC(NC(C)c2ccc(F)cc2F)C1OC. The zero-order chi connectivity index (χ0) is 14.7. The van der Waals surface area contributed by atoms with Crippen molar-refractivity contribution in [2.24, 2.45) is 0 Å². The van der Waals surface area contributed by atoms with E-state index in [1.165, 1.54) is 12.1 Å². The van der Waals surface area contributed by atoms with Gasteiger partial charge in [-0.25, -0.2) is 8.78 Å². The summed E-state index contributed by atoms with van der Waals surface area (Å²) in [6.07, 6.45) is 0.896. The highest BCUT2D eigenvalue weighted by Crippen LogP contribution is 2.29. The summed E-state index contributed by atoms with van der Waals surface area (Å²) in [6.45, 7) is 4.46. The molecule has 0 saturated heterocycles. The molecule has 1 fully saturated rings. The van der Waals surface area contributed by atoms with Crippen LogP contribution in [0.5, 0.6) is 0 Å². The Bertz CT molecular complexity index is 455. The standard InChI is InChI=1S/C15H21F2NO2/c1-4-20-14-8-13(15(14)19-3)18-9(2)11-6-5-10(16)7-12(11)17/h5-7,9,13-15,18H,4,8H2,1-3H3. The normalized spacial score (nSPS) is 27.1. The van der Waals surface area contributed by atoms with Crippen molar-refractivity contribution in [2.45, 2.75) is 44.6 Å². The zero-order valence-corrected chi connectivity index (χ0v) is 12.0. The molecule has 4 atom stereocenters. The molecule has 0 aliphatic heterocycles. The van der Waals surface area contributed by atoms with E-state index < -0.39 is 11.6 Å². The van der Waals surface area contributed by atoms with Crippen LogP contribution in [0.3, 0.4) is 0 Å². The Kier molecular flexibility index (Phi) is 5.07. The van der Waals surface area contributed by atoms with E-state index in [9.17, 15) is 8.78 Å². The van der Waals surface area contributed by atoms with E-state index in [2.05, 4.69) is 5.32 Å². The molecule has 0 heterocycles. The molecular weight excluding hydrogens is 264 g/mol. The predicted octanol–water partition coefficient (Wildman–Crippen LogP) is 2.81. The number of ether oxygens (including phenoxy) is 2. The molecule has 1 aromatic rings. The molecule has 1 aliphatic rings. The summed E-state index contributed by atoms with van der Waals surface area (Å²) in [5, 5.41) is 3.31. The minimum absolute atomic E-state index is 0.0269. The molecule has 3 nitrogen and oxygen atoms in total. The van der Waals surface area contributed by atoms with Gasteiger partial charge >= 0.3 is 0 Å². The molecule has 112 valence electrons. The molecule has 1 aliphatic carbocycles. The Balaban J connectivity index is 1.96. The lowest BCUT2D eigenvalue weighted by Crippen LogP contribution is -2.60. The van der Waals surface area contributed by atoms with E-state index in [0.29, 0.717) is 12.2 Å². The first-order chi connectivity index (χ1) is 9.56. The third-order valence-electron chi connectivity index (χ3n) is 3.80. The average molecular weight is 285 g/mol. The van der Waals surface area contributed by atoms with E-state index >= 15 is 0 Å². The Hall–Kier alpha value is -1.04. The summed E-state index contributed by atoms with van der Waals surface area (Å²) < 4.78 is 37.6. The van der Waals surface area contributed by atoms with Crippen LogP contribution in [-0.2, 0) is 9.47 Å². The smallest absolute Gasteiger partial charge is 0.130 e. The molecule has 0 bridgehead atoms. The topological polar surface area (TPSA) is 30.5 Å². The number of benzene rings is 1. The average Bonchev–Trinajstić information content (AvgIpc) is 2.37. The predicted molar refractivity (Wildman–Crippen MR) is 72.5 cm³/mol. The number of rotatable bonds is 6. The van der Waals surface area contributed by atoms with Gasteiger partial charge in [0.05, 0.1) is 12.2 Å². The van der Waals surface area contributed by atoms with Gasteiger partial charge in [0.25, 0.3) is 0 Å². The molecular formula is C15H21F2NO2. The van der Waals surface area contributed by atoms with Crippen molar-refractivity contribution in [2.75, 3.05) is 13.7 Å². The highest BCUT2D eigenvalue weighted by Gasteiger charge is 2.42. The highest BCUT2D eigenvalue weighted by atomic mass is 19.1. The highest BCUT2D eigenvalue weighted by molar-refractivity contribution is 5.22. The van der Waals surface area contributed by atoms with E-state index in [-0.39, 0.29) is 24.3 Å². The van der Waals surface area contributed by atoms with Crippen LogP contribution in [0.15, 0.2) is 18.2 Å². The number of hydrogen-bond acceptors (Lipinski definition) is 3. The van der Waals surface area contributed by atoms with Gasteiger partial charge in [0.2, 0.25) is 0 Å². The van der Waals surface area contributed by atoms with Crippen molar-refractivity contribution in [1.29, 1.82) is 0 Å². The minimum Gasteiger partial charge on any atom is -0.377 e. The van der Waals surface area contributed by atoms with Gasteiger partial charge in [0, 0.05) is 37.4 Å². The van der Waals surface area contributed by atoms with E-state index in [4.69, 9.17) is 9.47 Å². The van der Waals surface area contributed by atoms with Crippen LogP contribution < -0.4 is 5.32 Å². The molecule has 2 rings (SSSR count). The summed E-state index contributed by atoms with van der Waals surface area (Å²) in [5.74, 6) is -1.09. The van der Waals surface area contributed by atoms with Gasteiger partial charge in [0.15, 0.2) is 0 Å². The van der Waals surface area contributed by atoms with Crippen molar-refractivity contribution in [3.05, 3.63) is 35.4 Å². The van der Waals surface area contributed by atoms with Crippen LogP contribution in [0, 0.1) is 11.6 Å². The van der Waals surface area contributed by atoms with Gasteiger partial charge < -0.3 is 14.8 Å². The second-order valence-corrected chi connectivity index (χ2v) is 5.09. The van der Waals surface area contributed by atoms with Gasteiger partial charge in [-0.3, -0.25) is 0 Å². The zero-order valence-electron chi connectivity index (χ0n) is 12.0. The monoisotopic (exact) mass is 285 g/mol.